The summed E-state index contributed by atoms with van der Waals surface area (Å²) >= 11 is 0. The topological polar surface area (TPSA) is 0 Å². The fraction of sp³-hybridized carbons (Fsp3) is 0.818. The van der Waals surface area contributed by atoms with Gasteiger partial charge in [-0.25, -0.2) is 4.39 Å². The molecule has 0 saturated heterocycles. The molecule has 0 spiro atoms. The maximum absolute atomic E-state index is 13.1. The summed E-state index contributed by atoms with van der Waals surface area (Å²) in [5.41, 5.74) is 0. The van der Waals surface area contributed by atoms with Crippen LogP contribution in [0.25, 0.3) is 0 Å². The van der Waals surface area contributed by atoms with Crippen LogP contribution in [0.3, 0.4) is 0 Å². The lowest BCUT2D eigenvalue weighted by molar-refractivity contribution is 0.263. The number of allylic oxidation sites excluding steroid dienone is 2. The van der Waals surface area contributed by atoms with Gasteiger partial charge in [0.2, 0.25) is 0 Å². The number of rotatable bonds is 5. The minimum atomic E-state index is -0.748. The van der Waals surface area contributed by atoms with E-state index in [-0.39, 0.29) is 0 Å². The lowest BCUT2D eigenvalue weighted by atomic mass is 9.88. The van der Waals surface area contributed by atoms with Crippen LogP contribution in [0, 0.1) is 11.8 Å². The van der Waals surface area contributed by atoms with Crippen LogP contribution in [-0.2, 0) is 0 Å². The Morgan fingerprint density at radius 3 is 2.25 bits per heavy atom. The predicted molar refractivity (Wildman–Crippen MR) is 52.9 cm³/mol. The summed E-state index contributed by atoms with van der Waals surface area (Å²) in [5, 5.41) is 0. The number of alkyl halides is 1. The highest BCUT2D eigenvalue weighted by atomic mass is 19.1. The average molecular weight is 172 g/mol. The van der Waals surface area contributed by atoms with Crippen LogP contribution in [-0.4, -0.2) is 6.17 Å². The van der Waals surface area contributed by atoms with Crippen LogP contribution >= 0.6 is 0 Å². The SMILES string of the molecule is C/C=C/[C@H](F)C[C@H](CC)C(C)C. The quantitative estimate of drug-likeness (QED) is 0.550. The molecule has 0 fully saturated rings. The first-order chi connectivity index (χ1) is 5.61. The van der Waals surface area contributed by atoms with E-state index in [9.17, 15) is 4.39 Å². The molecule has 0 rings (SSSR count). The van der Waals surface area contributed by atoms with Crippen molar-refractivity contribution in [1.29, 1.82) is 0 Å². The largest absolute Gasteiger partial charge is 0.243 e. The third-order valence-corrected chi connectivity index (χ3v) is 2.40. The molecule has 0 unspecified atom stereocenters. The molecule has 1 heteroatoms. The van der Waals surface area contributed by atoms with Crippen molar-refractivity contribution in [2.45, 2.75) is 46.7 Å². The van der Waals surface area contributed by atoms with Crippen molar-refractivity contribution >= 4 is 0 Å². The second kappa shape index (κ2) is 6.22. The molecule has 12 heavy (non-hydrogen) atoms. The standard InChI is InChI=1S/C11H21F/c1-5-7-11(12)8-10(6-2)9(3)4/h5,7,9-11H,6,8H2,1-4H3/b7-5+/t10-,11-/m0/s1. The zero-order valence-electron chi connectivity index (χ0n) is 8.68. The number of hydrogen-bond donors (Lipinski definition) is 0. The molecule has 0 aromatic heterocycles. The van der Waals surface area contributed by atoms with Crippen molar-refractivity contribution in [1.82, 2.24) is 0 Å². The van der Waals surface area contributed by atoms with Gasteiger partial charge in [-0.2, -0.15) is 0 Å². The molecule has 0 aliphatic rings. The molecule has 0 amide bonds. The molecular weight excluding hydrogens is 151 g/mol. The van der Waals surface area contributed by atoms with Gasteiger partial charge in [-0.1, -0.05) is 39.3 Å². The molecule has 0 nitrogen and oxygen atoms in total. The first kappa shape index (κ1) is 11.7. The highest BCUT2D eigenvalue weighted by Gasteiger charge is 2.14. The summed E-state index contributed by atoms with van der Waals surface area (Å²) in [6, 6.07) is 0. The minimum Gasteiger partial charge on any atom is -0.243 e. The monoisotopic (exact) mass is 172 g/mol. The Hall–Kier alpha value is -0.330. The van der Waals surface area contributed by atoms with Crippen LogP contribution in [0.2, 0.25) is 0 Å². The summed E-state index contributed by atoms with van der Waals surface area (Å²) in [7, 11) is 0. The predicted octanol–water partition coefficient (Wildman–Crippen LogP) is 3.97. The Labute approximate surface area is 75.9 Å². The minimum absolute atomic E-state index is 0.524. The van der Waals surface area contributed by atoms with E-state index in [4.69, 9.17) is 0 Å². The molecule has 0 aliphatic carbocycles. The molecule has 0 saturated carbocycles. The molecule has 0 bridgehead atoms. The van der Waals surface area contributed by atoms with Crippen molar-refractivity contribution in [3.05, 3.63) is 12.2 Å². The molecule has 0 N–H and O–H groups in total. The molecule has 2 atom stereocenters. The Kier molecular flexibility index (Phi) is 6.04. The summed E-state index contributed by atoms with van der Waals surface area (Å²) in [6.07, 6.45) is 4.44. The van der Waals surface area contributed by atoms with E-state index in [2.05, 4.69) is 20.8 Å². The van der Waals surface area contributed by atoms with Gasteiger partial charge in [0.1, 0.15) is 6.17 Å². The van der Waals surface area contributed by atoms with Gasteiger partial charge in [-0.3, -0.25) is 0 Å². The molecular formula is C11H21F. The van der Waals surface area contributed by atoms with Gasteiger partial charge in [0.25, 0.3) is 0 Å². The van der Waals surface area contributed by atoms with E-state index < -0.39 is 6.17 Å². The van der Waals surface area contributed by atoms with Crippen LogP contribution in [0.15, 0.2) is 12.2 Å². The molecule has 0 aliphatic heterocycles. The van der Waals surface area contributed by atoms with E-state index >= 15 is 0 Å². The first-order valence-electron chi connectivity index (χ1n) is 4.88. The van der Waals surface area contributed by atoms with Crippen molar-refractivity contribution in [3.8, 4) is 0 Å². The summed E-state index contributed by atoms with van der Waals surface area (Å²) in [4.78, 5) is 0. The van der Waals surface area contributed by atoms with Gasteiger partial charge in [-0.15, -0.1) is 0 Å². The van der Waals surface area contributed by atoms with Crippen LogP contribution < -0.4 is 0 Å². The second-order valence-electron chi connectivity index (χ2n) is 3.69. The average Bonchev–Trinajstić information content (AvgIpc) is 2.00. The molecule has 72 valence electrons. The highest BCUT2D eigenvalue weighted by Crippen LogP contribution is 2.22. The third-order valence-electron chi connectivity index (χ3n) is 2.40. The Morgan fingerprint density at radius 1 is 1.33 bits per heavy atom. The molecule has 0 aromatic carbocycles. The van der Waals surface area contributed by atoms with Crippen molar-refractivity contribution < 1.29 is 4.39 Å². The second-order valence-corrected chi connectivity index (χ2v) is 3.69. The zero-order valence-corrected chi connectivity index (χ0v) is 8.68. The fourth-order valence-corrected chi connectivity index (χ4v) is 1.49. The first-order valence-corrected chi connectivity index (χ1v) is 4.88. The molecule has 0 aromatic rings. The lowest BCUT2D eigenvalue weighted by Gasteiger charge is -2.19. The van der Waals surface area contributed by atoms with E-state index in [1.807, 2.05) is 6.92 Å². The van der Waals surface area contributed by atoms with Gasteiger partial charge in [-0.05, 0) is 25.2 Å². The third kappa shape index (κ3) is 4.53. The maximum Gasteiger partial charge on any atom is 0.118 e. The Bertz CT molecular complexity index is 127. The van der Waals surface area contributed by atoms with E-state index in [0.29, 0.717) is 18.3 Å². The van der Waals surface area contributed by atoms with Crippen molar-refractivity contribution in [2.75, 3.05) is 0 Å². The molecule has 0 radical (unpaired) electrons. The smallest absolute Gasteiger partial charge is 0.118 e. The van der Waals surface area contributed by atoms with Crippen molar-refractivity contribution in [3.63, 3.8) is 0 Å². The summed E-state index contributed by atoms with van der Waals surface area (Å²) in [6.45, 7) is 8.32. The number of halogens is 1. The van der Waals surface area contributed by atoms with Crippen LogP contribution in [0.1, 0.15) is 40.5 Å². The van der Waals surface area contributed by atoms with Gasteiger partial charge >= 0.3 is 0 Å². The van der Waals surface area contributed by atoms with Gasteiger partial charge in [0.15, 0.2) is 0 Å². The van der Waals surface area contributed by atoms with Gasteiger partial charge in [0, 0.05) is 0 Å². The van der Waals surface area contributed by atoms with Gasteiger partial charge < -0.3 is 0 Å². The van der Waals surface area contributed by atoms with Crippen LogP contribution in [0.4, 0.5) is 4.39 Å². The maximum atomic E-state index is 13.1. The van der Waals surface area contributed by atoms with Crippen molar-refractivity contribution in [2.24, 2.45) is 11.8 Å². The zero-order chi connectivity index (χ0) is 9.56. The summed E-state index contributed by atoms with van der Waals surface area (Å²) in [5.74, 6) is 1.12. The van der Waals surface area contributed by atoms with E-state index in [1.54, 1.807) is 12.2 Å². The van der Waals surface area contributed by atoms with E-state index in [0.717, 1.165) is 6.42 Å². The summed E-state index contributed by atoms with van der Waals surface area (Å²) < 4.78 is 13.1. The van der Waals surface area contributed by atoms with Crippen LogP contribution in [0.5, 0.6) is 0 Å². The molecule has 0 heterocycles. The van der Waals surface area contributed by atoms with Gasteiger partial charge in [0.05, 0.1) is 0 Å². The van der Waals surface area contributed by atoms with E-state index in [1.165, 1.54) is 0 Å². The lowest BCUT2D eigenvalue weighted by Crippen LogP contribution is -2.12. The Balaban J connectivity index is 3.85. The Morgan fingerprint density at radius 2 is 1.92 bits per heavy atom. The number of hydrogen-bond acceptors (Lipinski definition) is 0. The highest BCUT2D eigenvalue weighted by molar-refractivity contribution is 4.87. The normalized spacial score (nSPS) is 17.2. The fourth-order valence-electron chi connectivity index (χ4n) is 1.49.